The molecule has 7 heteroatoms. The van der Waals surface area contributed by atoms with Crippen LogP contribution in [0, 0.1) is 0 Å². The van der Waals surface area contributed by atoms with Crippen molar-refractivity contribution in [1.82, 2.24) is 15.2 Å². The van der Waals surface area contributed by atoms with E-state index in [0.717, 1.165) is 5.56 Å². The Hall–Kier alpha value is -3.22. The molecule has 1 unspecified atom stereocenters. The van der Waals surface area contributed by atoms with Crippen LogP contribution in [0.5, 0.6) is 0 Å². The molecule has 0 bridgehead atoms. The maximum Gasteiger partial charge on any atom is 0.354 e. The van der Waals surface area contributed by atoms with Gasteiger partial charge in [0.15, 0.2) is 0 Å². The molecular weight excluding hydrogens is 346 g/mol. The number of carbonyl (C=O) groups excluding carboxylic acids is 2. The summed E-state index contributed by atoms with van der Waals surface area (Å²) in [4.78, 5) is 41.2. The molecule has 1 fully saturated rings. The summed E-state index contributed by atoms with van der Waals surface area (Å²) < 4.78 is 0. The Balaban J connectivity index is 1.50. The molecule has 1 aliphatic rings. The zero-order valence-corrected chi connectivity index (χ0v) is 14.8. The topological polar surface area (TPSA) is 99.6 Å². The summed E-state index contributed by atoms with van der Waals surface area (Å²) in [6.07, 6.45) is 1.80. The number of aryl methyl sites for hydroxylation is 1. The molecule has 1 saturated heterocycles. The monoisotopic (exact) mass is 367 g/mol. The minimum Gasteiger partial charge on any atom is -0.477 e. The van der Waals surface area contributed by atoms with Crippen LogP contribution in [-0.2, 0) is 11.2 Å². The molecule has 2 N–H and O–H groups in total. The number of hydrogen-bond donors (Lipinski definition) is 2. The van der Waals surface area contributed by atoms with Crippen LogP contribution in [0.2, 0.25) is 0 Å². The standard InChI is InChI=1S/C20H21N3O4/c24-18(10-9-14-5-2-1-3-6-14)23-12-11-15(13-23)21-19(25)16-7-4-8-17(22-16)20(26)27/h1-8,15H,9-13H2,(H,21,25)(H,26,27). The number of nitrogens with one attached hydrogen (secondary N) is 1. The average molecular weight is 367 g/mol. The highest BCUT2D eigenvalue weighted by Gasteiger charge is 2.27. The van der Waals surface area contributed by atoms with Gasteiger partial charge in [0.1, 0.15) is 11.4 Å². The molecule has 2 heterocycles. The summed E-state index contributed by atoms with van der Waals surface area (Å²) in [6, 6.07) is 14.0. The predicted octanol–water partition coefficient (Wildman–Crippen LogP) is 1.74. The zero-order valence-electron chi connectivity index (χ0n) is 14.8. The lowest BCUT2D eigenvalue weighted by Crippen LogP contribution is -2.39. The summed E-state index contributed by atoms with van der Waals surface area (Å²) in [5, 5.41) is 11.8. The summed E-state index contributed by atoms with van der Waals surface area (Å²) in [7, 11) is 0. The van der Waals surface area contributed by atoms with Gasteiger partial charge in [0, 0.05) is 25.6 Å². The molecule has 0 radical (unpaired) electrons. The number of likely N-dealkylation sites (tertiary alicyclic amines) is 1. The highest BCUT2D eigenvalue weighted by molar-refractivity contribution is 5.94. The Morgan fingerprint density at radius 1 is 1.07 bits per heavy atom. The maximum absolute atomic E-state index is 12.4. The summed E-state index contributed by atoms with van der Waals surface area (Å²) in [6.45, 7) is 1.05. The first-order chi connectivity index (χ1) is 13.0. The van der Waals surface area contributed by atoms with Gasteiger partial charge in [0.05, 0.1) is 0 Å². The highest BCUT2D eigenvalue weighted by atomic mass is 16.4. The fourth-order valence-corrected chi connectivity index (χ4v) is 3.10. The van der Waals surface area contributed by atoms with Gasteiger partial charge in [-0.05, 0) is 30.5 Å². The first-order valence-electron chi connectivity index (χ1n) is 8.86. The van der Waals surface area contributed by atoms with Crippen LogP contribution < -0.4 is 5.32 Å². The molecule has 0 aliphatic carbocycles. The molecule has 27 heavy (non-hydrogen) atoms. The molecule has 1 aromatic heterocycles. The Labute approximate surface area is 157 Å². The Kier molecular flexibility index (Phi) is 5.80. The largest absolute Gasteiger partial charge is 0.477 e. The lowest BCUT2D eigenvalue weighted by atomic mass is 10.1. The van der Waals surface area contributed by atoms with Crippen molar-refractivity contribution in [2.45, 2.75) is 25.3 Å². The van der Waals surface area contributed by atoms with E-state index < -0.39 is 11.9 Å². The molecular formula is C20H21N3O4. The van der Waals surface area contributed by atoms with Gasteiger partial charge in [0.2, 0.25) is 5.91 Å². The minimum absolute atomic E-state index is 0.0590. The summed E-state index contributed by atoms with van der Waals surface area (Å²) in [5.41, 5.74) is 1.01. The molecule has 0 saturated carbocycles. The van der Waals surface area contributed by atoms with E-state index >= 15 is 0 Å². The number of amides is 2. The molecule has 7 nitrogen and oxygen atoms in total. The van der Waals surface area contributed by atoms with Crippen LogP contribution in [-0.4, -0.2) is 51.9 Å². The second kappa shape index (κ2) is 8.44. The van der Waals surface area contributed by atoms with E-state index in [9.17, 15) is 14.4 Å². The van der Waals surface area contributed by atoms with E-state index in [0.29, 0.717) is 32.4 Å². The number of carboxylic acids is 1. The second-order valence-electron chi connectivity index (χ2n) is 6.50. The Bertz CT molecular complexity index is 838. The lowest BCUT2D eigenvalue weighted by Gasteiger charge is -2.17. The van der Waals surface area contributed by atoms with E-state index in [4.69, 9.17) is 5.11 Å². The van der Waals surface area contributed by atoms with Gasteiger partial charge in [-0.25, -0.2) is 9.78 Å². The first kappa shape index (κ1) is 18.6. The molecule has 2 amide bonds. The van der Waals surface area contributed by atoms with Crippen LogP contribution in [0.4, 0.5) is 0 Å². The average Bonchev–Trinajstić information content (AvgIpc) is 3.15. The number of benzene rings is 1. The third kappa shape index (κ3) is 4.91. The minimum atomic E-state index is -1.18. The quantitative estimate of drug-likeness (QED) is 0.810. The van der Waals surface area contributed by atoms with Crippen molar-refractivity contribution in [2.75, 3.05) is 13.1 Å². The van der Waals surface area contributed by atoms with E-state index in [1.807, 2.05) is 30.3 Å². The van der Waals surface area contributed by atoms with Crippen molar-refractivity contribution >= 4 is 17.8 Å². The maximum atomic E-state index is 12.4. The van der Waals surface area contributed by atoms with Gasteiger partial charge >= 0.3 is 5.97 Å². The molecule has 0 spiro atoms. The van der Waals surface area contributed by atoms with Crippen molar-refractivity contribution in [3.05, 3.63) is 65.5 Å². The fourth-order valence-electron chi connectivity index (χ4n) is 3.10. The summed E-state index contributed by atoms with van der Waals surface area (Å²) >= 11 is 0. The number of nitrogens with zero attached hydrogens (tertiary/aromatic N) is 2. The molecule has 140 valence electrons. The van der Waals surface area contributed by atoms with E-state index in [1.165, 1.54) is 18.2 Å². The van der Waals surface area contributed by atoms with Gasteiger partial charge in [-0.2, -0.15) is 0 Å². The van der Waals surface area contributed by atoms with Gasteiger partial charge in [-0.1, -0.05) is 36.4 Å². The normalized spacial score (nSPS) is 16.1. The molecule has 1 aliphatic heterocycles. The van der Waals surface area contributed by atoms with Crippen LogP contribution in [0.1, 0.15) is 39.4 Å². The third-order valence-electron chi connectivity index (χ3n) is 4.55. The molecule has 2 aromatic rings. The van der Waals surface area contributed by atoms with Crippen LogP contribution in [0.25, 0.3) is 0 Å². The lowest BCUT2D eigenvalue weighted by molar-refractivity contribution is -0.130. The van der Waals surface area contributed by atoms with Crippen molar-refractivity contribution in [3.63, 3.8) is 0 Å². The third-order valence-corrected chi connectivity index (χ3v) is 4.55. The number of aromatic nitrogens is 1. The number of carbonyl (C=O) groups is 3. The molecule has 3 rings (SSSR count). The van der Waals surface area contributed by atoms with E-state index in [1.54, 1.807) is 4.90 Å². The number of pyridine rings is 1. The van der Waals surface area contributed by atoms with Crippen LogP contribution >= 0.6 is 0 Å². The zero-order chi connectivity index (χ0) is 19.2. The van der Waals surface area contributed by atoms with Gasteiger partial charge < -0.3 is 15.3 Å². The van der Waals surface area contributed by atoms with Crippen LogP contribution in [0.3, 0.4) is 0 Å². The fraction of sp³-hybridized carbons (Fsp3) is 0.300. The van der Waals surface area contributed by atoms with Gasteiger partial charge in [0.25, 0.3) is 5.91 Å². The van der Waals surface area contributed by atoms with Crippen molar-refractivity contribution in [3.8, 4) is 0 Å². The predicted molar refractivity (Wildman–Crippen MR) is 98.4 cm³/mol. The van der Waals surface area contributed by atoms with Crippen molar-refractivity contribution in [2.24, 2.45) is 0 Å². The van der Waals surface area contributed by atoms with E-state index in [-0.39, 0.29) is 23.3 Å². The van der Waals surface area contributed by atoms with E-state index in [2.05, 4.69) is 10.3 Å². The second-order valence-corrected chi connectivity index (χ2v) is 6.50. The first-order valence-corrected chi connectivity index (χ1v) is 8.86. The van der Waals surface area contributed by atoms with Gasteiger partial charge in [-0.15, -0.1) is 0 Å². The Morgan fingerprint density at radius 3 is 2.56 bits per heavy atom. The smallest absolute Gasteiger partial charge is 0.354 e. The van der Waals surface area contributed by atoms with Crippen molar-refractivity contribution in [1.29, 1.82) is 0 Å². The Morgan fingerprint density at radius 2 is 1.81 bits per heavy atom. The molecule has 1 aromatic carbocycles. The number of carboxylic acid groups (broad SMARTS) is 1. The van der Waals surface area contributed by atoms with Crippen molar-refractivity contribution < 1.29 is 19.5 Å². The highest BCUT2D eigenvalue weighted by Crippen LogP contribution is 2.13. The number of aromatic carboxylic acids is 1. The van der Waals surface area contributed by atoms with Gasteiger partial charge in [-0.3, -0.25) is 9.59 Å². The number of rotatable bonds is 6. The SMILES string of the molecule is O=C(O)c1cccc(C(=O)NC2CCN(C(=O)CCc3ccccc3)C2)n1. The van der Waals surface area contributed by atoms with Crippen LogP contribution in [0.15, 0.2) is 48.5 Å². The number of hydrogen-bond acceptors (Lipinski definition) is 4. The molecule has 1 atom stereocenters. The summed E-state index contributed by atoms with van der Waals surface area (Å²) in [5.74, 6) is -1.54.